The summed E-state index contributed by atoms with van der Waals surface area (Å²) in [4.78, 5) is 25.2. The number of hydrogen-bond donors (Lipinski definition) is 2. The third-order valence-corrected chi connectivity index (χ3v) is 5.19. The number of amides is 2. The van der Waals surface area contributed by atoms with Crippen LogP contribution in [0.25, 0.3) is 0 Å². The van der Waals surface area contributed by atoms with Gasteiger partial charge in [-0.25, -0.2) is 0 Å². The predicted molar refractivity (Wildman–Crippen MR) is 94.5 cm³/mol. The molecule has 1 saturated carbocycles. The molecule has 5 heteroatoms. The van der Waals surface area contributed by atoms with Crippen LogP contribution in [0.4, 0.5) is 0 Å². The first kappa shape index (κ1) is 18.0. The van der Waals surface area contributed by atoms with Crippen molar-refractivity contribution in [1.29, 1.82) is 0 Å². The molecule has 1 aliphatic rings. The van der Waals surface area contributed by atoms with Gasteiger partial charge >= 0.3 is 0 Å². The van der Waals surface area contributed by atoms with E-state index in [9.17, 15) is 9.59 Å². The number of hydrogen-bond acceptors (Lipinski definition) is 3. The summed E-state index contributed by atoms with van der Waals surface area (Å²) in [7, 11) is 0. The monoisotopic (exact) mass is 336 g/mol. The first-order valence-electron chi connectivity index (χ1n) is 8.74. The van der Waals surface area contributed by atoms with Gasteiger partial charge in [0.2, 0.25) is 11.8 Å². The van der Waals surface area contributed by atoms with Crippen LogP contribution >= 0.6 is 11.3 Å². The fourth-order valence-electron chi connectivity index (χ4n) is 3.08. The van der Waals surface area contributed by atoms with Gasteiger partial charge in [-0.3, -0.25) is 9.59 Å². The number of carbonyl (C=O) groups is 2. The molecule has 0 aromatic carbocycles. The van der Waals surface area contributed by atoms with Gasteiger partial charge in [0, 0.05) is 36.2 Å². The van der Waals surface area contributed by atoms with Crippen LogP contribution in [0.2, 0.25) is 0 Å². The lowest BCUT2D eigenvalue weighted by Gasteiger charge is -2.16. The second-order valence-electron chi connectivity index (χ2n) is 6.51. The highest BCUT2D eigenvalue weighted by atomic mass is 32.1. The van der Waals surface area contributed by atoms with Crippen molar-refractivity contribution < 1.29 is 9.59 Å². The highest BCUT2D eigenvalue weighted by Crippen LogP contribution is 2.17. The average Bonchev–Trinajstić information content (AvgIpc) is 2.88. The van der Waals surface area contributed by atoms with E-state index >= 15 is 0 Å². The van der Waals surface area contributed by atoms with E-state index in [0.29, 0.717) is 6.04 Å². The van der Waals surface area contributed by atoms with Gasteiger partial charge in [0.05, 0.1) is 0 Å². The highest BCUT2D eigenvalue weighted by molar-refractivity contribution is 7.09. The molecule has 2 amide bonds. The fourth-order valence-corrected chi connectivity index (χ4v) is 3.91. The van der Waals surface area contributed by atoms with Gasteiger partial charge in [0.25, 0.3) is 0 Å². The largest absolute Gasteiger partial charge is 0.353 e. The summed E-state index contributed by atoms with van der Waals surface area (Å²) in [6.45, 7) is 2.00. The van der Waals surface area contributed by atoms with E-state index in [1.165, 1.54) is 30.6 Å². The van der Waals surface area contributed by atoms with Crippen molar-refractivity contribution in [1.82, 2.24) is 10.6 Å². The minimum Gasteiger partial charge on any atom is -0.353 e. The minimum absolute atomic E-state index is 0.0120. The van der Waals surface area contributed by atoms with Crippen molar-refractivity contribution >= 4 is 23.2 Å². The molecular formula is C18H28N2O2S. The van der Waals surface area contributed by atoms with Crippen LogP contribution in [0.15, 0.2) is 17.5 Å². The number of carbonyl (C=O) groups excluding carboxylic acids is 2. The van der Waals surface area contributed by atoms with E-state index < -0.39 is 0 Å². The Morgan fingerprint density at radius 2 is 1.87 bits per heavy atom. The van der Waals surface area contributed by atoms with Crippen molar-refractivity contribution in [3.8, 4) is 0 Å². The van der Waals surface area contributed by atoms with Crippen LogP contribution in [-0.2, 0) is 16.0 Å². The molecule has 1 aliphatic carbocycles. The summed E-state index contributed by atoms with van der Waals surface area (Å²) in [5.74, 6) is -0.0250. The summed E-state index contributed by atoms with van der Waals surface area (Å²) in [5, 5.41) is 8.10. The van der Waals surface area contributed by atoms with Gasteiger partial charge in [-0.1, -0.05) is 31.7 Å². The van der Waals surface area contributed by atoms with Crippen LogP contribution in [0, 0.1) is 0 Å². The molecule has 0 radical (unpaired) electrons. The molecule has 1 heterocycles. The molecule has 1 fully saturated rings. The van der Waals surface area contributed by atoms with E-state index in [1.807, 2.05) is 18.4 Å². The van der Waals surface area contributed by atoms with Crippen LogP contribution in [0.3, 0.4) is 0 Å². The van der Waals surface area contributed by atoms with Crippen molar-refractivity contribution in [3.63, 3.8) is 0 Å². The second kappa shape index (κ2) is 9.71. The Labute approximate surface area is 143 Å². The third kappa shape index (κ3) is 7.16. The molecule has 2 N–H and O–H groups in total. The average molecular weight is 337 g/mol. The molecule has 0 saturated heterocycles. The Bertz CT molecular complexity index is 479. The minimum atomic E-state index is -0.0370. The molecular weight excluding hydrogens is 308 g/mol. The molecule has 1 atom stereocenters. The fraction of sp³-hybridized carbons (Fsp3) is 0.667. The normalized spacial score (nSPS) is 17.3. The maximum atomic E-state index is 12.0. The Balaban J connectivity index is 1.62. The molecule has 0 bridgehead atoms. The van der Waals surface area contributed by atoms with E-state index in [0.717, 1.165) is 19.3 Å². The van der Waals surface area contributed by atoms with Crippen LogP contribution in [0.5, 0.6) is 0 Å². The Hall–Kier alpha value is -1.36. The molecule has 4 nitrogen and oxygen atoms in total. The van der Waals surface area contributed by atoms with Crippen molar-refractivity contribution in [2.45, 2.75) is 76.8 Å². The van der Waals surface area contributed by atoms with Gasteiger partial charge in [0.1, 0.15) is 0 Å². The Morgan fingerprint density at radius 3 is 2.52 bits per heavy atom. The highest BCUT2D eigenvalue weighted by Gasteiger charge is 2.16. The Kier molecular flexibility index (Phi) is 7.59. The first-order chi connectivity index (χ1) is 11.1. The second-order valence-corrected chi connectivity index (χ2v) is 7.54. The van der Waals surface area contributed by atoms with Gasteiger partial charge in [0.15, 0.2) is 0 Å². The zero-order valence-corrected chi connectivity index (χ0v) is 14.8. The van der Waals surface area contributed by atoms with Crippen LogP contribution < -0.4 is 10.6 Å². The van der Waals surface area contributed by atoms with Crippen molar-refractivity contribution in [2.75, 3.05) is 0 Å². The number of nitrogens with one attached hydrogen (secondary N) is 2. The summed E-state index contributed by atoms with van der Waals surface area (Å²) in [6, 6.07) is 4.51. The van der Waals surface area contributed by atoms with Gasteiger partial charge in [-0.15, -0.1) is 11.3 Å². The molecule has 0 spiro atoms. The van der Waals surface area contributed by atoms with Gasteiger partial charge in [-0.2, -0.15) is 0 Å². The summed E-state index contributed by atoms with van der Waals surface area (Å²) < 4.78 is 0. The maximum absolute atomic E-state index is 12.0. The standard InChI is InChI=1S/C18H28N2O2S/c1-14(13-16-9-6-12-23-16)19-17(21)10-11-18(22)20-15-7-4-2-3-5-8-15/h6,9,12,14-15H,2-5,7-8,10-11,13H2,1H3,(H,19,21)(H,20,22). The summed E-state index contributed by atoms with van der Waals surface area (Å²) in [5.41, 5.74) is 0. The molecule has 23 heavy (non-hydrogen) atoms. The molecule has 1 unspecified atom stereocenters. The van der Waals surface area contributed by atoms with E-state index in [2.05, 4.69) is 16.7 Å². The molecule has 1 aromatic rings. The number of thiophene rings is 1. The Morgan fingerprint density at radius 1 is 1.17 bits per heavy atom. The molecule has 1 aromatic heterocycles. The summed E-state index contributed by atoms with van der Waals surface area (Å²) in [6.07, 6.45) is 8.51. The molecule has 0 aliphatic heterocycles. The lowest BCUT2D eigenvalue weighted by atomic mass is 10.1. The third-order valence-electron chi connectivity index (χ3n) is 4.29. The first-order valence-corrected chi connectivity index (χ1v) is 9.62. The smallest absolute Gasteiger partial charge is 0.220 e. The van der Waals surface area contributed by atoms with Crippen LogP contribution in [-0.4, -0.2) is 23.9 Å². The lowest BCUT2D eigenvalue weighted by Crippen LogP contribution is -2.37. The molecule has 128 valence electrons. The van der Waals surface area contributed by atoms with Crippen molar-refractivity contribution in [2.24, 2.45) is 0 Å². The van der Waals surface area contributed by atoms with Gasteiger partial charge < -0.3 is 10.6 Å². The van der Waals surface area contributed by atoms with Crippen LogP contribution in [0.1, 0.15) is 63.2 Å². The van der Waals surface area contributed by atoms with E-state index in [-0.39, 0.29) is 30.7 Å². The predicted octanol–water partition coefficient (Wildman–Crippen LogP) is 3.41. The zero-order valence-electron chi connectivity index (χ0n) is 14.0. The van der Waals surface area contributed by atoms with E-state index in [1.54, 1.807) is 11.3 Å². The van der Waals surface area contributed by atoms with E-state index in [4.69, 9.17) is 0 Å². The quantitative estimate of drug-likeness (QED) is 0.750. The SMILES string of the molecule is CC(Cc1cccs1)NC(=O)CCC(=O)NC1CCCCCC1. The van der Waals surface area contributed by atoms with Gasteiger partial charge in [-0.05, 0) is 31.2 Å². The number of rotatable bonds is 7. The topological polar surface area (TPSA) is 58.2 Å². The maximum Gasteiger partial charge on any atom is 0.220 e. The lowest BCUT2D eigenvalue weighted by molar-refractivity contribution is -0.127. The van der Waals surface area contributed by atoms with Crippen molar-refractivity contribution in [3.05, 3.63) is 22.4 Å². The summed E-state index contributed by atoms with van der Waals surface area (Å²) >= 11 is 1.70. The molecule has 2 rings (SSSR count). The zero-order chi connectivity index (χ0) is 16.5.